The van der Waals surface area contributed by atoms with Crippen molar-refractivity contribution in [2.45, 2.75) is 127 Å². The summed E-state index contributed by atoms with van der Waals surface area (Å²) in [6.45, 7) is 3.74. The molecule has 0 aliphatic carbocycles. The van der Waals surface area contributed by atoms with Crippen LogP contribution in [0.1, 0.15) is 69.8 Å². The van der Waals surface area contributed by atoms with Crippen LogP contribution in [-0.2, 0) is 72.0 Å². The molecule has 0 saturated carbocycles. The highest BCUT2D eigenvalue weighted by Crippen LogP contribution is 2.21. The fraction of sp³-hybridized carbons (Fsp3) is 0.500. The number of para-hydroxylation sites is 1. The minimum atomic E-state index is -1.70. The number of aliphatic hydroxyl groups is 1. The quantitative estimate of drug-likeness (QED) is 0.0241. The van der Waals surface area contributed by atoms with Crippen molar-refractivity contribution in [3.05, 3.63) is 72.5 Å². The fourth-order valence-corrected chi connectivity index (χ4v) is 9.39. The summed E-state index contributed by atoms with van der Waals surface area (Å²) in [5.74, 6) is -8.70. The van der Waals surface area contributed by atoms with E-state index in [9.17, 15) is 57.8 Å². The molecule has 1 aromatic carbocycles. The largest absolute Gasteiger partial charge is 0.394 e. The Morgan fingerprint density at radius 2 is 1.27 bits per heavy atom. The van der Waals surface area contributed by atoms with Gasteiger partial charge in [0.2, 0.25) is 65.0 Å². The second kappa shape index (κ2) is 28.3. The molecule has 2 saturated heterocycles. The van der Waals surface area contributed by atoms with Gasteiger partial charge < -0.3 is 78.5 Å². The highest BCUT2D eigenvalue weighted by Gasteiger charge is 2.39. The number of carbonyl (C=O) groups excluding carboxylic acids is 11. The molecule has 0 bridgehead atoms. The molecule has 9 unspecified atom stereocenters. The van der Waals surface area contributed by atoms with Crippen LogP contribution in [0.4, 0.5) is 0 Å². The summed E-state index contributed by atoms with van der Waals surface area (Å²) in [5.41, 5.74) is 7.36. The Morgan fingerprint density at radius 1 is 0.709 bits per heavy atom. The van der Waals surface area contributed by atoms with E-state index in [1.165, 1.54) is 36.9 Å². The number of primary amides is 1. The van der Waals surface area contributed by atoms with E-state index in [1.807, 2.05) is 6.07 Å². The zero-order chi connectivity index (χ0) is 57.3. The van der Waals surface area contributed by atoms with E-state index in [-0.39, 0.29) is 62.6 Å². The van der Waals surface area contributed by atoms with Crippen LogP contribution in [0.25, 0.3) is 10.9 Å². The van der Waals surface area contributed by atoms with E-state index in [4.69, 9.17) is 5.73 Å². The van der Waals surface area contributed by atoms with Crippen molar-refractivity contribution in [3.8, 4) is 0 Å². The number of rotatable bonds is 28. The number of thiol groups is 1. The van der Waals surface area contributed by atoms with Gasteiger partial charge >= 0.3 is 0 Å². The van der Waals surface area contributed by atoms with Crippen molar-refractivity contribution in [1.29, 1.82) is 0 Å². The van der Waals surface area contributed by atoms with Crippen LogP contribution in [0.5, 0.6) is 0 Å². The van der Waals surface area contributed by atoms with Crippen molar-refractivity contribution >= 4 is 88.5 Å². The number of aliphatic hydroxyl groups excluding tert-OH is 1. The molecule has 2 aliphatic heterocycles. The van der Waals surface area contributed by atoms with Crippen LogP contribution in [0, 0.1) is 5.92 Å². The topological polar surface area (TPSA) is 419 Å². The van der Waals surface area contributed by atoms with Crippen molar-refractivity contribution in [3.63, 3.8) is 0 Å². The summed E-state index contributed by atoms with van der Waals surface area (Å²) in [4.78, 5) is 165. The van der Waals surface area contributed by atoms with Crippen LogP contribution >= 0.6 is 12.6 Å². The standard InChI is InChI=1S/C50H68N16O12S/c1-25(2)13-33(44(72)65-38(22-79)48(76)63-35(15-28-18-52-23-56-28)43(71)58-26(3)50(78)66-12-6-9-39(66)49(77)55-20-40(51)68)60-47(75)37(21-67)64-45(73)34(14-27-17-54-31-8-5-4-7-30(27)31)61-46(74)36(16-29-19-53-24-57-29)62-42(70)32-10-11-41(69)59-32/h4-5,7-8,17-19,23-26,32-39,54,67,79H,6,9-16,20-22H2,1-3H3,(H2,51,68)(H,52,56)(H,53,57)(H,55,77)(H,58,71)(H,59,69)(H,60,75)(H,61,74)(H,62,70)(H,63,76)(H,64,73)(H,65,72). The number of likely N-dealkylation sites (tertiary alicyclic amines) is 1. The van der Waals surface area contributed by atoms with E-state index < -0.39 is 127 Å². The maximum atomic E-state index is 14.4. The van der Waals surface area contributed by atoms with E-state index >= 15 is 0 Å². The number of nitrogens with two attached hydrogens (primary N) is 1. The van der Waals surface area contributed by atoms with Gasteiger partial charge in [0, 0.05) is 78.9 Å². The molecule has 28 nitrogen and oxygen atoms in total. The number of benzene rings is 1. The average Bonchev–Trinajstić information content (AvgIpc) is 4.30. The first-order chi connectivity index (χ1) is 37.7. The Balaban J connectivity index is 1.13. The van der Waals surface area contributed by atoms with Crippen LogP contribution in [0.2, 0.25) is 0 Å². The molecule has 6 rings (SSSR count). The number of aromatic amines is 3. The van der Waals surface area contributed by atoms with Crippen LogP contribution in [0.3, 0.4) is 0 Å². The zero-order valence-electron chi connectivity index (χ0n) is 43.8. The number of imidazole rings is 2. The molecule has 15 N–H and O–H groups in total. The van der Waals surface area contributed by atoms with Crippen LogP contribution < -0.4 is 53.6 Å². The molecular formula is C50H68N16O12S. The lowest BCUT2D eigenvalue weighted by Gasteiger charge is -2.29. The Kier molecular flexibility index (Phi) is 21.5. The molecule has 426 valence electrons. The molecule has 4 aromatic rings. The lowest BCUT2D eigenvalue weighted by molar-refractivity contribution is -0.141. The van der Waals surface area contributed by atoms with Gasteiger partial charge in [-0.25, -0.2) is 9.97 Å². The molecule has 2 aliphatic rings. The van der Waals surface area contributed by atoms with Gasteiger partial charge in [-0.3, -0.25) is 52.7 Å². The molecule has 11 amide bonds. The van der Waals surface area contributed by atoms with Crippen molar-refractivity contribution in [2.75, 3.05) is 25.4 Å². The number of fused-ring (bicyclic) bond motifs is 1. The number of nitrogens with zero attached hydrogens (tertiary/aromatic N) is 3. The monoisotopic (exact) mass is 1120 g/mol. The summed E-state index contributed by atoms with van der Waals surface area (Å²) in [5, 5.41) is 34.4. The van der Waals surface area contributed by atoms with E-state index in [1.54, 1.807) is 38.2 Å². The third-order valence-corrected chi connectivity index (χ3v) is 13.6. The van der Waals surface area contributed by atoms with Crippen molar-refractivity contribution < 1.29 is 57.8 Å². The first kappa shape index (κ1) is 59.9. The van der Waals surface area contributed by atoms with Gasteiger partial charge in [-0.15, -0.1) is 0 Å². The van der Waals surface area contributed by atoms with Crippen molar-refractivity contribution in [2.24, 2.45) is 11.7 Å². The maximum absolute atomic E-state index is 14.4. The molecule has 29 heteroatoms. The van der Waals surface area contributed by atoms with Crippen LogP contribution in [0.15, 0.2) is 55.5 Å². The Labute approximate surface area is 458 Å². The summed E-state index contributed by atoms with van der Waals surface area (Å²) in [6.07, 6.45) is 8.00. The smallest absolute Gasteiger partial charge is 0.245 e. The Bertz CT molecular complexity index is 2830. The Hall–Kier alpha value is -8.34. The molecular weight excluding hydrogens is 1050 g/mol. The van der Waals surface area contributed by atoms with E-state index in [0.717, 1.165) is 10.9 Å². The number of hydrogen-bond acceptors (Lipinski definition) is 15. The van der Waals surface area contributed by atoms with Gasteiger partial charge in [0.25, 0.3) is 0 Å². The lowest BCUT2D eigenvalue weighted by Crippen LogP contribution is -2.61. The number of carbonyl (C=O) groups is 11. The number of amides is 11. The normalized spacial score (nSPS) is 17.7. The van der Waals surface area contributed by atoms with E-state index in [0.29, 0.717) is 29.8 Å². The number of H-pyrrole nitrogens is 3. The molecule has 79 heavy (non-hydrogen) atoms. The van der Waals surface area contributed by atoms with Gasteiger partial charge in [0.05, 0.1) is 25.8 Å². The minimum Gasteiger partial charge on any atom is -0.394 e. The van der Waals surface area contributed by atoms with E-state index in [2.05, 4.69) is 85.4 Å². The third kappa shape index (κ3) is 16.8. The Morgan fingerprint density at radius 3 is 1.85 bits per heavy atom. The molecule has 9 atom stereocenters. The molecule has 3 aromatic heterocycles. The first-order valence-electron chi connectivity index (χ1n) is 25.7. The lowest BCUT2D eigenvalue weighted by atomic mass is 10.0. The summed E-state index contributed by atoms with van der Waals surface area (Å²) in [7, 11) is 0. The predicted octanol–water partition coefficient (Wildman–Crippen LogP) is -4.11. The summed E-state index contributed by atoms with van der Waals surface area (Å²) in [6, 6.07) is -4.34. The summed E-state index contributed by atoms with van der Waals surface area (Å²) >= 11 is 4.30. The summed E-state index contributed by atoms with van der Waals surface area (Å²) < 4.78 is 0. The zero-order valence-corrected chi connectivity index (χ0v) is 44.7. The van der Waals surface area contributed by atoms with Gasteiger partial charge in [-0.1, -0.05) is 32.0 Å². The first-order valence-corrected chi connectivity index (χ1v) is 26.4. The molecule has 5 heterocycles. The fourth-order valence-electron chi connectivity index (χ4n) is 9.14. The number of aromatic nitrogens is 5. The van der Waals surface area contributed by atoms with Gasteiger partial charge in [0.1, 0.15) is 54.4 Å². The average molecular weight is 1120 g/mol. The van der Waals surface area contributed by atoms with Crippen LogP contribution in [-0.4, -0.2) is 180 Å². The number of hydrogen-bond donors (Lipinski definition) is 15. The van der Waals surface area contributed by atoms with Gasteiger partial charge in [-0.05, 0) is 50.2 Å². The SMILES string of the molecule is CC(C)CC(NC(=O)C(CO)NC(=O)C(Cc1c[nH]c2ccccc12)NC(=O)C(Cc1cnc[nH]1)NC(=O)C1CCC(=O)N1)C(=O)NC(CS)C(=O)NC(Cc1cnc[nH]1)C(=O)NC(C)C(=O)N1CCCC1C(=O)NCC(N)=O. The molecule has 2 fully saturated rings. The predicted molar refractivity (Wildman–Crippen MR) is 284 cm³/mol. The third-order valence-electron chi connectivity index (χ3n) is 13.2. The second-order valence-electron chi connectivity index (χ2n) is 19.8. The molecule has 0 radical (unpaired) electrons. The van der Waals surface area contributed by atoms with Gasteiger partial charge in [0.15, 0.2) is 0 Å². The highest BCUT2D eigenvalue weighted by molar-refractivity contribution is 7.80. The maximum Gasteiger partial charge on any atom is 0.245 e. The minimum absolute atomic E-state index is 0.000741. The van der Waals surface area contributed by atoms with Gasteiger partial charge in [-0.2, -0.15) is 12.6 Å². The highest BCUT2D eigenvalue weighted by atomic mass is 32.1. The molecule has 0 spiro atoms. The second-order valence-corrected chi connectivity index (χ2v) is 20.1. The van der Waals surface area contributed by atoms with Crippen molar-refractivity contribution in [1.82, 2.24) is 77.7 Å². The number of nitrogens with one attached hydrogen (secondary N) is 12.